The largest absolute Gasteiger partial charge is 0.497 e. The Labute approximate surface area is 141 Å². The van der Waals surface area contributed by atoms with Crippen LogP contribution in [0.25, 0.3) is 5.69 Å². The van der Waals surface area contributed by atoms with Crippen molar-refractivity contribution in [2.24, 2.45) is 0 Å². The van der Waals surface area contributed by atoms with Gasteiger partial charge < -0.3 is 14.6 Å². The number of rotatable bonds is 6. The molecule has 0 aliphatic carbocycles. The predicted octanol–water partition coefficient (Wildman–Crippen LogP) is 3.46. The first-order valence-corrected chi connectivity index (χ1v) is 7.91. The van der Waals surface area contributed by atoms with Gasteiger partial charge in [0.15, 0.2) is 0 Å². The Morgan fingerprint density at radius 3 is 2.50 bits per heavy atom. The molecule has 0 saturated carbocycles. The van der Waals surface area contributed by atoms with E-state index in [1.54, 1.807) is 7.11 Å². The van der Waals surface area contributed by atoms with Crippen LogP contribution < -0.4 is 10.1 Å². The molecule has 4 nitrogen and oxygen atoms in total. The average molecular weight is 320 g/mol. The number of benzene rings is 2. The molecular formula is C20H20N2O2. The van der Waals surface area contributed by atoms with Crippen molar-refractivity contribution in [3.63, 3.8) is 0 Å². The molecule has 1 aromatic heterocycles. The lowest BCUT2D eigenvalue weighted by molar-refractivity contribution is 0.0954. The number of hydrogen-bond donors (Lipinski definition) is 1. The van der Waals surface area contributed by atoms with Crippen molar-refractivity contribution in [1.29, 1.82) is 0 Å². The Bertz CT molecular complexity index is 793. The number of aromatic nitrogens is 1. The van der Waals surface area contributed by atoms with E-state index in [0.717, 1.165) is 23.4 Å². The van der Waals surface area contributed by atoms with Crippen molar-refractivity contribution in [2.75, 3.05) is 13.7 Å². The number of nitrogens with zero attached hydrogens (tertiary/aromatic N) is 1. The normalized spacial score (nSPS) is 10.4. The summed E-state index contributed by atoms with van der Waals surface area (Å²) >= 11 is 0. The van der Waals surface area contributed by atoms with Gasteiger partial charge in [-0.1, -0.05) is 12.1 Å². The second kappa shape index (κ2) is 7.51. The fraction of sp³-hybridized carbons (Fsp3) is 0.150. The topological polar surface area (TPSA) is 43.3 Å². The first-order valence-electron chi connectivity index (χ1n) is 7.91. The molecule has 3 rings (SSSR count). The fourth-order valence-corrected chi connectivity index (χ4v) is 2.54. The van der Waals surface area contributed by atoms with Crippen LogP contribution in [-0.4, -0.2) is 24.1 Å². The summed E-state index contributed by atoms with van der Waals surface area (Å²) in [6, 6.07) is 19.4. The van der Waals surface area contributed by atoms with Crippen LogP contribution in [0.4, 0.5) is 0 Å². The Hall–Kier alpha value is -3.01. The lowest BCUT2D eigenvalue weighted by atomic mass is 10.1. The van der Waals surface area contributed by atoms with E-state index in [4.69, 9.17) is 4.74 Å². The number of methoxy groups -OCH3 is 1. The van der Waals surface area contributed by atoms with E-state index in [1.165, 1.54) is 0 Å². The van der Waals surface area contributed by atoms with Gasteiger partial charge in [-0.15, -0.1) is 0 Å². The number of carbonyl (C=O) groups excluding carboxylic acids is 1. The first kappa shape index (κ1) is 15.9. The van der Waals surface area contributed by atoms with E-state index >= 15 is 0 Å². The van der Waals surface area contributed by atoms with Crippen molar-refractivity contribution < 1.29 is 9.53 Å². The van der Waals surface area contributed by atoms with Crippen molar-refractivity contribution in [1.82, 2.24) is 9.88 Å². The third kappa shape index (κ3) is 3.84. The summed E-state index contributed by atoms with van der Waals surface area (Å²) in [5.41, 5.74) is 2.84. The highest BCUT2D eigenvalue weighted by molar-refractivity contribution is 5.94. The van der Waals surface area contributed by atoms with Crippen LogP contribution >= 0.6 is 0 Å². The highest BCUT2D eigenvalue weighted by atomic mass is 16.5. The molecule has 1 N–H and O–H groups in total. The Kier molecular flexibility index (Phi) is 4.96. The molecule has 0 bridgehead atoms. The molecule has 2 aromatic carbocycles. The van der Waals surface area contributed by atoms with Crippen LogP contribution in [0.1, 0.15) is 15.9 Å². The van der Waals surface area contributed by atoms with E-state index in [1.807, 2.05) is 77.6 Å². The highest BCUT2D eigenvalue weighted by Gasteiger charge is 2.05. The minimum absolute atomic E-state index is 0.0584. The van der Waals surface area contributed by atoms with Crippen LogP contribution in [0.15, 0.2) is 73.1 Å². The van der Waals surface area contributed by atoms with Gasteiger partial charge in [-0.25, -0.2) is 0 Å². The molecule has 1 amide bonds. The van der Waals surface area contributed by atoms with Crippen molar-refractivity contribution in [2.45, 2.75) is 6.42 Å². The smallest absolute Gasteiger partial charge is 0.251 e. The molecule has 0 unspecified atom stereocenters. The molecule has 0 atom stereocenters. The summed E-state index contributed by atoms with van der Waals surface area (Å²) in [4.78, 5) is 12.2. The lowest BCUT2D eigenvalue weighted by Crippen LogP contribution is -2.25. The van der Waals surface area contributed by atoms with Crippen LogP contribution in [0.5, 0.6) is 5.75 Å². The number of ether oxygens (including phenoxy) is 1. The second-order valence-corrected chi connectivity index (χ2v) is 5.49. The molecule has 1 heterocycles. The monoisotopic (exact) mass is 320 g/mol. The third-order valence-electron chi connectivity index (χ3n) is 3.87. The van der Waals surface area contributed by atoms with Gasteiger partial charge in [0.1, 0.15) is 5.75 Å². The summed E-state index contributed by atoms with van der Waals surface area (Å²) in [5, 5.41) is 2.95. The SMILES string of the molecule is COc1cccc(CCNC(=O)c2ccc(-n3cccc3)cc2)c1. The van der Waals surface area contributed by atoms with Crippen LogP contribution in [0.3, 0.4) is 0 Å². The lowest BCUT2D eigenvalue weighted by Gasteiger charge is -2.08. The minimum Gasteiger partial charge on any atom is -0.497 e. The zero-order chi connectivity index (χ0) is 16.8. The Balaban J connectivity index is 1.55. The number of carbonyl (C=O) groups is 1. The fourth-order valence-electron chi connectivity index (χ4n) is 2.54. The number of hydrogen-bond acceptors (Lipinski definition) is 2. The molecular weight excluding hydrogens is 300 g/mol. The predicted molar refractivity (Wildman–Crippen MR) is 94.8 cm³/mol. The van der Waals surface area contributed by atoms with Gasteiger partial charge in [0.25, 0.3) is 5.91 Å². The van der Waals surface area contributed by atoms with Gasteiger partial charge in [-0.3, -0.25) is 4.79 Å². The van der Waals surface area contributed by atoms with Crippen LogP contribution in [-0.2, 0) is 6.42 Å². The molecule has 0 saturated heterocycles. The van der Waals surface area contributed by atoms with Gasteiger partial charge >= 0.3 is 0 Å². The molecule has 24 heavy (non-hydrogen) atoms. The molecule has 0 fully saturated rings. The van der Waals surface area contributed by atoms with Crippen molar-refractivity contribution in [3.05, 3.63) is 84.2 Å². The summed E-state index contributed by atoms with van der Waals surface area (Å²) in [6.45, 7) is 0.589. The van der Waals surface area contributed by atoms with Gasteiger partial charge in [0.05, 0.1) is 7.11 Å². The second-order valence-electron chi connectivity index (χ2n) is 5.49. The van der Waals surface area contributed by atoms with Gasteiger partial charge in [-0.2, -0.15) is 0 Å². The van der Waals surface area contributed by atoms with Crippen LogP contribution in [0.2, 0.25) is 0 Å². The maximum atomic E-state index is 12.2. The summed E-state index contributed by atoms with van der Waals surface area (Å²) in [6.07, 6.45) is 4.72. The van der Waals surface area contributed by atoms with Gasteiger partial charge in [0, 0.05) is 30.2 Å². The average Bonchev–Trinajstić information content (AvgIpc) is 3.16. The zero-order valence-corrected chi connectivity index (χ0v) is 13.6. The highest BCUT2D eigenvalue weighted by Crippen LogP contribution is 2.13. The van der Waals surface area contributed by atoms with Crippen LogP contribution in [0, 0.1) is 0 Å². The van der Waals surface area contributed by atoms with E-state index in [-0.39, 0.29) is 5.91 Å². The van der Waals surface area contributed by atoms with Crippen molar-refractivity contribution >= 4 is 5.91 Å². The molecule has 4 heteroatoms. The van der Waals surface area contributed by atoms with E-state index in [0.29, 0.717) is 12.1 Å². The maximum Gasteiger partial charge on any atom is 0.251 e. The molecule has 0 aliphatic rings. The molecule has 122 valence electrons. The van der Waals surface area contributed by atoms with Gasteiger partial charge in [0.2, 0.25) is 0 Å². The van der Waals surface area contributed by atoms with E-state index < -0.39 is 0 Å². The van der Waals surface area contributed by atoms with Gasteiger partial charge in [-0.05, 0) is 60.5 Å². The standard InChI is InChI=1S/C20H20N2O2/c1-24-19-6-4-5-16(15-19)11-12-21-20(23)17-7-9-18(10-8-17)22-13-2-3-14-22/h2-10,13-15H,11-12H2,1H3,(H,21,23). The van der Waals surface area contributed by atoms with E-state index in [9.17, 15) is 4.79 Å². The van der Waals surface area contributed by atoms with E-state index in [2.05, 4.69) is 5.32 Å². The third-order valence-corrected chi connectivity index (χ3v) is 3.87. The van der Waals surface area contributed by atoms with Crippen molar-refractivity contribution in [3.8, 4) is 11.4 Å². The molecule has 0 aliphatic heterocycles. The summed E-state index contributed by atoms with van der Waals surface area (Å²) < 4.78 is 7.21. The molecule has 3 aromatic rings. The maximum absolute atomic E-state index is 12.2. The molecule has 0 spiro atoms. The summed E-state index contributed by atoms with van der Waals surface area (Å²) in [7, 11) is 1.65. The number of amides is 1. The summed E-state index contributed by atoms with van der Waals surface area (Å²) in [5.74, 6) is 0.774. The first-order chi connectivity index (χ1) is 11.8. The Morgan fingerprint density at radius 1 is 1.04 bits per heavy atom. The number of nitrogens with one attached hydrogen (secondary N) is 1. The minimum atomic E-state index is -0.0584. The Morgan fingerprint density at radius 2 is 1.79 bits per heavy atom. The zero-order valence-electron chi connectivity index (χ0n) is 13.6. The molecule has 0 radical (unpaired) electrons. The quantitative estimate of drug-likeness (QED) is 0.756.